The van der Waals surface area contributed by atoms with Crippen LogP contribution in [0.25, 0.3) is 0 Å². The zero-order valence-corrected chi connectivity index (χ0v) is 10.6. The van der Waals surface area contributed by atoms with E-state index in [4.69, 9.17) is 0 Å². The van der Waals surface area contributed by atoms with Crippen molar-refractivity contribution in [3.05, 3.63) is 29.3 Å². The number of thioether (sulfide) groups is 1. The lowest BCUT2D eigenvalue weighted by Crippen LogP contribution is -2.26. The van der Waals surface area contributed by atoms with Gasteiger partial charge in [0.25, 0.3) is 0 Å². The molecule has 1 fully saturated rings. The van der Waals surface area contributed by atoms with Crippen molar-refractivity contribution in [2.75, 3.05) is 6.26 Å². The normalized spacial score (nSPS) is 24.2. The van der Waals surface area contributed by atoms with Gasteiger partial charge in [-0.15, -0.1) is 11.8 Å². The van der Waals surface area contributed by atoms with Crippen molar-refractivity contribution in [3.8, 4) is 0 Å². The fourth-order valence-electron chi connectivity index (χ4n) is 2.63. The highest BCUT2D eigenvalue weighted by molar-refractivity contribution is 7.98. The number of hydrogen-bond acceptors (Lipinski definition) is 2. The van der Waals surface area contributed by atoms with Crippen molar-refractivity contribution in [3.63, 3.8) is 0 Å². The third kappa shape index (κ3) is 2.14. The Balaban J connectivity index is 1.85. The van der Waals surface area contributed by atoms with Crippen LogP contribution in [0.1, 0.15) is 42.9 Å². The Hall–Kier alpha value is -0.470. The minimum atomic E-state index is 0.632. The van der Waals surface area contributed by atoms with Crippen LogP contribution >= 0.6 is 11.8 Å². The van der Waals surface area contributed by atoms with Gasteiger partial charge in [0.05, 0.1) is 0 Å². The molecular weight excluding hydrogens is 214 g/mol. The molecule has 0 spiro atoms. The van der Waals surface area contributed by atoms with E-state index in [1.54, 1.807) is 11.1 Å². The molecule has 1 saturated carbocycles. The summed E-state index contributed by atoms with van der Waals surface area (Å²) < 4.78 is 0. The van der Waals surface area contributed by atoms with E-state index in [0.717, 1.165) is 6.04 Å². The quantitative estimate of drug-likeness (QED) is 0.801. The van der Waals surface area contributed by atoms with Crippen molar-refractivity contribution < 1.29 is 0 Å². The average molecular weight is 233 g/mol. The Bertz CT molecular complexity index is 384. The van der Waals surface area contributed by atoms with Gasteiger partial charge in [-0.2, -0.15) is 0 Å². The molecule has 0 saturated heterocycles. The van der Waals surface area contributed by atoms with Gasteiger partial charge in [0.1, 0.15) is 0 Å². The molecule has 86 valence electrons. The summed E-state index contributed by atoms with van der Waals surface area (Å²) in [6.45, 7) is 0. The zero-order valence-electron chi connectivity index (χ0n) is 9.83. The van der Waals surface area contributed by atoms with Crippen molar-refractivity contribution in [2.24, 2.45) is 0 Å². The topological polar surface area (TPSA) is 12.0 Å². The van der Waals surface area contributed by atoms with Crippen molar-refractivity contribution in [1.82, 2.24) is 5.32 Å². The zero-order chi connectivity index (χ0) is 11.0. The lowest BCUT2D eigenvalue weighted by molar-refractivity contribution is 0.457. The SMILES string of the molecule is CSc1ccc2c(c1)CCCC2NC1CC1. The van der Waals surface area contributed by atoms with Crippen LogP contribution in [0.3, 0.4) is 0 Å². The first-order chi connectivity index (χ1) is 7.86. The lowest BCUT2D eigenvalue weighted by Gasteiger charge is -2.27. The van der Waals surface area contributed by atoms with E-state index in [1.807, 2.05) is 11.8 Å². The largest absolute Gasteiger partial charge is 0.307 e. The maximum absolute atomic E-state index is 3.78. The fraction of sp³-hybridized carbons (Fsp3) is 0.571. The summed E-state index contributed by atoms with van der Waals surface area (Å²) in [5.41, 5.74) is 3.15. The van der Waals surface area contributed by atoms with E-state index >= 15 is 0 Å². The summed E-state index contributed by atoms with van der Waals surface area (Å²) in [7, 11) is 0. The predicted octanol–water partition coefficient (Wildman–Crippen LogP) is 3.54. The number of fused-ring (bicyclic) bond motifs is 1. The molecule has 0 heterocycles. The Morgan fingerprint density at radius 3 is 2.88 bits per heavy atom. The van der Waals surface area contributed by atoms with E-state index in [9.17, 15) is 0 Å². The summed E-state index contributed by atoms with van der Waals surface area (Å²) in [5.74, 6) is 0. The van der Waals surface area contributed by atoms with E-state index < -0.39 is 0 Å². The van der Waals surface area contributed by atoms with Gasteiger partial charge in [0, 0.05) is 17.0 Å². The molecule has 2 aliphatic carbocycles. The molecule has 1 nitrogen and oxygen atoms in total. The van der Waals surface area contributed by atoms with Crippen LogP contribution in [0, 0.1) is 0 Å². The third-order valence-corrected chi connectivity index (χ3v) is 4.40. The van der Waals surface area contributed by atoms with E-state index in [1.165, 1.54) is 37.0 Å². The highest BCUT2D eigenvalue weighted by Crippen LogP contribution is 2.34. The standard InChI is InChI=1S/C14H19NS/c1-16-12-7-8-13-10(9-12)3-2-4-14(13)15-11-5-6-11/h7-9,11,14-15H,2-6H2,1H3. The molecule has 2 aliphatic rings. The first kappa shape index (κ1) is 10.7. The van der Waals surface area contributed by atoms with Crippen molar-refractivity contribution >= 4 is 11.8 Å². The summed E-state index contributed by atoms with van der Waals surface area (Å²) >= 11 is 1.85. The van der Waals surface area contributed by atoms with Crippen molar-refractivity contribution in [1.29, 1.82) is 0 Å². The Morgan fingerprint density at radius 2 is 2.12 bits per heavy atom. The van der Waals surface area contributed by atoms with Crippen LogP contribution in [0.15, 0.2) is 23.1 Å². The molecule has 3 rings (SSSR count). The summed E-state index contributed by atoms with van der Waals surface area (Å²) in [5, 5.41) is 3.78. The van der Waals surface area contributed by atoms with E-state index in [0.29, 0.717) is 6.04 Å². The molecule has 0 aromatic heterocycles. The number of aryl methyl sites for hydroxylation is 1. The van der Waals surface area contributed by atoms with Gasteiger partial charge in [-0.3, -0.25) is 0 Å². The number of rotatable bonds is 3. The molecule has 0 bridgehead atoms. The molecule has 1 unspecified atom stereocenters. The smallest absolute Gasteiger partial charge is 0.0325 e. The van der Waals surface area contributed by atoms with Gasteiger partial charge in [-0.25, -0.2) is 0 Å². The van der Waals surface area contributed by atoms with Gasteiger partial charge in [0.2, 0.25) is 0 Å². The van der Waals surface area contributed by atoms with Crippen LogP contribution in [0.5, 0.6) is 0 Å². The highest BCUT2D eigenvalue weighted by Gasteiger charge is 2.27. The highest BCUT2D eigenvalue weighted by atomic mass is 32.2. The maximum atomic E-state index is 3.78. The third-order valence-electron chi connectivity index (χ3n) is 3.68. The number of benzene rings is 1. The Labute approximate surface area is 102 Å². The van der Waals surface area contributed by atoms with Crippen molar-refractivity contribution in [2.45, 2.75) is 49.1 Å². The monoisotopic (exact) mass is 233 g/mol. The molecule has 0 amide bonds. The van der Waals surface area contributed by atoms with E-state index in [2.05, 4.69) is 29.8 Å². The Morgan fingerprint density at radius 1 is 1.25 bits per heavy atom. The van der Waals surface area contributed by atoms with Crippen LogP contribution in [-0.2, 0) is 6.42 Å². The summed E-state index contributed by atoms with van der Waals surface area (Å²) in [6, 6.07) is 8.46. The maximum Gasteiger partial charge on any atom is 0.0325 e. The van der Waals surface area contributed by atoms with E-state index in [-0.39, 0.29) is 0 Å². The molecule has 2 heteroatoms. The second-order valence-corrected chi connectivity index (χ2v) is 5.83. The molecule has 1 aromatic carbocycles. The van der Waals surface area contributed by atoms with Crippen LogP contribution < -0.4 is 5.32 Å². The lowest BCUT2D eigenvalue weighted by atomic mass is 9.87. The molecule has 16 heavy (non-hydrogen) atoms. The molecule has 1 atom stereocenters. The second-order valence-electron chi connectivity index (χ2n) is 4.95. The molecular formula is C14H19NS. The molecule has 0 radical (unpaired) electrons. The first-order valence-corrected chi connectivity index (χ1v) is 7.52. The van der Waals surface area contributed by atoms with Crippen LogP contribution in [0.4, 0.5) is 0 Å². The summed E-state index contributed by atoms with van der Waals surface area (Å²) in [6.07, 6.45) is 8.86. The molecule has 0 aliphatic heterocycles. The predicted molar refractivity (Wildman–Crippen MR) is 70.1 cm³/mol. The minimum Gasteiger partial charge on any atom is -0.307 e. The van der Waals surface area contributed by atoms with Crippen LogP contribution in [-0.4, -0.2) is 12.3 Å². The first-order valence-electron chi connectivity index (χ1n) is 6.29. The molecule has 1 N–H and O–H groups in total. The average Bonchev–Trinajstić information content (AvgIpc) is 3.13. The van der Waals surface area contributed by atoms with Gasteiger partial charge >= 0.3 is 0 Å². The van der Waals surface area contributed by atoms with Gasteiger partial charge in [-0.05, 0) is 61.6 Å². The number of hydrogen-bond donors (Lipinski definition) is 1. The van der Waals surface area contributed by atoms with Gasteiger partial charge < -0.3 is 5.32 Å². The van der Waals surface area contributed by atoms with Gasteiger partial charge in [0.15, 0.2) is 0 Å². The number of nitrogens with one attached hydrogen (secondary N) is 1. The fourth-order valence-corrected chi connectivity index (χ4v) is 3.09. The second kappa shape index (κ2) is 4.42. The molecule has 1 aromatic rings. The van der Waals surface area contributed by atoms with Gasteiger partial charge in [-0.1, -0.05) is 6.07 Å². The van der Waals surface area contributed by atoms with Crippen LogP contribution in [0.2, 0.25) is 0 Å². The Kier molecular flexibility index (Phi) is 2.95. The minimum absolute atomic E-state index is 0.632. The summed E-state index contributed by atoms with van der Waals surface area (Å²) in [4.78, 5) is 1.41.